The number of aliphatic hydroxyl groups is 1. The Morgan fingerprint density at radius 3 is 1.49 bits per heavy atom. The zero-order valence-electron chi connectivity index (χ0n) is 51.3. The molecule has 0 fully saturated rings. The topological polar surface area (TPSA) is 253 Å². The first-order valence-electron chi connectivity index (χ1n) is 27.1. The number of nitrogens with two attached hydrogens (primary N) is 1. The van der Waals surface area contributed by atoms with Crippen molar-refractivity contribution in [2.24, 2.45) is 19.9 Å². The molecule has 0 saturated carbocycles. The Hall–Kier alpha value is -7.78. The lowest BCUT2D eigenvalue weighted by atomic mass is 9.96. The van der Waals surface area contributed by atoms with Gasteiger partial charge in [0.25, 0.3) is 11.8 Å². The van der Waals surface area contributed by atoms with Crippen LogP contribution in [0.15, 0.2) is 97.3 Å². The smallest absolute Gasteiger partial charge is 0.265 e. The molecule has 0 atom stereocenters. The number of imidazole rings is 2. The van der Waals surface area contributed by atoms with Crippen LogP contribution in [0.25, 0.3) is 22.5 Å². The van der Waals surface area contributed by atoms with Crippen molar-refractivity contribution in [3.8, 4) is 46.2 Å². The fourth-order valence-electron chi connectivity index (χ4n) is 7.65. The van der Waals surface area contributed by atoms with E-state index in [-0.39, 0.29) is 59.5 Å². The van der Waals surface area contributed by atoms with Crippen LogP contribution in [0.3, 0.4) is 0 Å². The number of hydrogen-bond acceptors (Lipinski definition) is 14. The number of nitrogens with zero attached hydrogens (tertiary/aromatic N) is 7. The van der Waals surface area contributed by atoms with E-state index in [1.165, 1.54) is 12.1 Å². The Labute approximate surface area is 486 Å². The summed E-state index contributed by atoms with van der Waals surface area (Å²) in [6, 6.07) is 28.9. The zero-order chi connectivity index (χ0) is 61.9. The molecule has 5 N–H and O–H groups in total. The first-order chi connectivity index (χ1) is 38.2. The van der Waals surface area contributed by atoms with E-state index in [1.807, 2.05) is 114 Å². The van der Waals surface area contributed by atoms with E-state index >= 15 is 0 Å². The number of aromatic nitrogens is 4. The Morgan fingerprint density at radius 2 is 1.15 bits per heavy atom. The highest BCUT2D eigenvalue weighted by atomic mass is 28.4. The molecule has 2 amide bonds. The molecule has 0 aliphatic rings. The highest BCUT2D eigenvalue weighted by molar-refractivity contribution is 6.74. The van der Waals surface area contributed by atoms with Crippen LogP contribution in [0, 0.1) is 22.7 Å². The number of aliphatic hydroxyl groups excluding tert-OH is 1. The fourth-order valence-corrected chi connectivity index (χ4v) is 8.65. The Bertz CT molecular complexity index is 3170. The molecule has 4 aromatic carbocycles. The number of rotatable bonds is 17. The van der Waals surface area contributed by atoms with Gasteiger partial charge < -0.3 is 28.1 Å². The van der Waals surface area contributed by atoms with Crippen LogP contribution >= 0.6 is 0 Å². The maximum Gasteiger partial charge on any atom is 0.265 e. The van der Waals surface area contributed by atoms with Gasteiger partial charge in [-0.15, -0.1) is 0 Å². The quantitative estimate of drug-likeness (QED) is 0.0218. The summed E-state index contributed by atoms with van der Waals surface area (Å²) >= 11 is 0. The lowest BCUT2D eigenvalue weighted by molar-refractivity contribution is -0.119. The van der Waals surface area contributed by atoms with Crippen LogP contribution in [0.2, 0.25) is 18.1 Å². The number of hydrazine groups is 2. The minimum Gasteiger partial charge on any atom is -0.490 e. The maximum atomic E-state index is 12.9. The van der Waals surface area contributed by atoms with E-state index in [9.17, 15) is 29.5 Å². The van der Waals surface area contributed by atoms with Gasteiger partial charge in [0.2, 0.25) is 0 Å². The standard InChI is InChI=1S/C28H35N5O3.C15H18N2O.C11H13N3O2.C9H20O2Si/c1-19(2)36-25-12-11-22(15-23(25)16-29)26(35)31-33(13-14-34)17-20-7-9-21(10-8-20)24-18-32(6)27(30-24)28(3,4)5;1-15(2,3)14-16-13(9-17(14)4)12-7-5-11(10-18)6-8-12;1-7(2)16-10-4-3-8(11(15)14-13)5-9(10)6-12;1-8(10)7-11-12(5,6)9(2,3)4/h7-12,15,18-19,34H,13-14,17H2,1-6H3,(H,31,35);5-10H,1-4H3;3-5,7H,13H2,1-2H3,(H,14,15);7H2,1-6H3. The van der Waals surface area contributed by atoms with Gasteiger partial charge in [-0.25, -0.2) is 20.8 Å². The average molecular weight is 1140 g/mol. The molecular formula is C63H86N10O8Si. The molecule has 0 spiro atoms. The molecule has 0 bridgehead atoms. The molecular weight excluding hydrogens is 1050 g/mol. The van der Waals surface area contributed by atoms with E-state index in [4.69, 9.17) is 30.0 Å². The SMILES string of the molecule is CC(=O)CO[Si](C)(C)C(C)(C)C.CC(C)Oc1ccc(C(=O)NN(CCO)Cc2ccc(-c3cn(C)c(C(C)(C)C)n3)cc2)cc1C#N.CC(C)Oc1ccc(C(=O)NN)cc1C#N.Cn1cc(-c2ccc(C=O)cc2)nc1C(C)(C)C. The number of nitrogen functional groups attached to an aromatic ring is 1. The van der Waals surface area contributed by atoms with Crippen LogP contribution < -0.4 is 26.2 Å². The van der Waals surface area contributed by atoms with Gasteiger partial charge in [-0.2, -0.15) is 10.5 Å². The van der Waals surface area contributed by atoms with Crippen LogP contribution in [-0.2, 0) is 40.7 Å². The van der Waals surface area contributed by atoms with Gasteiger partial charge in [0.05, 0.1) is 47.9 Å². The predicted octanol–water partition coefficient (Wildman–Crippen LogP) is 10.9. The maximum absolute atomic E-state index is 12.9. The van der Waals surface area contributed by atoms with E-state index in [2.05, 4.69) is 101 Å². The number of carbonyl (C=O) groups excluding carboxylic acids is 4. The van der Waals surface area contributed by atoms with Gasteiger partial charge in [0.15, 0.2) is 14.1 Å². The third-order valence-corrected chi connectivity index (χ3v) is 17.2. The second kappa shape index (κ2) is 30.3. The largest absolute Gasteiger partial charge is 0.490 e. The zero-order valence-corrected chi connectivity index (χ0v) is 52.3. The lowest BCUT2D eigenvalue weighted by Crippen LogP contribution is -2.43. The number of amides is 2. The molecule has 6 rings (SSSR count). The number of aldehydes is 1. The number of ketones is 1. The summed E-state index contributed by atoms with van der Waals surface area (Å²) in [5.74, 6) is 7.28. The van der Waals surface area contributed by atoms with Crippen LogP contribution in [-0.4, -0.2) is 93.4 Å². The van der Waals surface area contributed by atoms with Gasteiger partial charge in [-0.3, -0.25) is 30.0 Å². The van der Waals surface area contributed by atoms with E-state index < -0.39 is 14.2 Å². The predicted molar refractivity (Wildman–Crippen MR) is 324 cm³/mol. The van der Waals surface area contributed by atoms with E-state index in [0.717, 1.165) is 46.0 Å². The normalized spacial score (nSPS) is 11.4. The summed E-state index contributed by atoms with van der Waals surface area (Å²) in [6.45, 7) is 33.5. The third-order valence-electron chi connectivity index (χ3n) is 12.7. The van der Waals surface area contributed by atoms with Crippen molar-refractivity contribution in [2.75, 3.05) is 19.8 Å². The van der Waals surface area contributed by atoms with Gasteiger partial charge >= 0.3 is 0 Å². The van der Waals surface area contributed by atoms with Crippen molar-refractivity contribution in [1.29, 1.82) is 10.5 Å². The average Bonchev–Trinajstić information content (AvgIpc) is 4.05. The summed E-state index contributed by atoms with van der Waals surface area (Å²) in [5, 5.41) is 29.7. The van der Waals surface area contributed by atoms with Crippen molar-refractivity contribution >= 4 is 32.2 Å². The number of hydrogen-bond donors (Lipinski definition) is 4. The minimum atomic E-state index is -1.69. The van der Waals surface area contributed by atoms with Crippen LogP contribution in [0.5, 0.6) is 11.5 Å². The second-order valence-corrected chi connectivity index (χ2v) is 28.7. The highest BCUT2D eigenvalue weighted by Gasteiger charge is 2.37. The highest BCUT2D eigenvalue weighted by Crippen LogP contribution is 2.36. The van der Waals surface area contributed by atoms with Crippen LogP contribution in [0.4, 0.5) is 0 Å². The molecule has 0 aliphatic heterocycles. The molecule has 0 aliphatic carbocycles. The Morgan fingerprint density at radius 1 is 0.720 bits per heavy atom. The summed E-state index contributed by atoms with van der Waals surface area (Å²) in [6.07, 6.45) is 4.79. The van der Waals surface area contributed by atoms with Gasteiger partial charge in [-0.05, 0) is 94.7 Å². The molecule has 6 aromatic rings. The van der Waals surface area contributed by atoms with Crippen LogP contribution in [0.1, 0.15) is 156 Å². The molecule has 82 heavy (non-hydrogen) atoms. The molecule has 0 saturated heterocycles. The molecule has 19 heteroatoms. The Balaban J connectivity index is 0.000000320. The van der Waals surface area contributed by atoms with Crippen molar-refractivity contribution in [3.63, 3.8) is 0 Å². The number of carbonyl (C=O) groups is 4. The summed E-state index contributed by atoms with van der Waals surface area (Å²) in [4.78, 5) is 54.9. The summed E-state index contributed by atoms with van der Waals surface area (Å²) in [7, 11) is 2.33. The molecule has 440 valence electrons. The molecule has 2 heterocycles. The monoisotopic (exact) mass is 1140 g/mol. The summed E-state index contributed by atoms with van der Waals surface area (Å²) in [5.41, 5.74) is 11.6. The van der Waals surface area contributed by atoms with E-state index in [0.29, 0.717) is 45.9 Å². The first-order valence-corrected chi connectivity index (χ1v) is 30.0. The van der Waals surface area contributed by atoms with Crippen molar-refractivity contribution in [2.45, 2.75) is 145 Å². The number of nitrogens with one attached hydrogen (secondary N) is 2. The second-order valence-electron chi connectivity index (χ2n) is 23.8. The third kappa shape index (κ3) is 21.0. The lowest BCUT2D eigenvalue weighted by Gasteiger charge is -2.35. The summed E-state index contributed by atoms with van der Waals surface area (Å²) < 4.78 is 20.8. The van der Waals surface area contributed by atoms with Crippen molar-refractivity contribution in [3.05, 3.63) is 142 Å². The number of nitriles is 2. The van der Waals surface area contributed by atoms with Gasteiger partial charge in [0.1, 0.15) is 41.6 Å². The Kier molecular flexibility index (Phi) is 25.3. The first kappa shape index (κ1) is 68.5. The molecule has 0 radical (unpaired) electrons. The fraction of sp³-hybridized carbons (Fsp3) is 0.429. The van der Waals surface area contributed by atoms with Crippen molar-refractivity contribution < 1.29 is 38.2 Å². The minimum absolute atomic E-state index is 0.0235. The molecule has 0 unspecified atom stereocenters. The number of aryl methyl sites for hydroxylation is 2. The van der Waals surface area contributed by atoms with Crippen molar-refractivity contribution in [1.82, 2.24) is 35.0 Å². The number of benzene rings is 4. The van der Waals surface area contributed by atoms with E-state index in [1.54, 1.807) is 36.2 Å². The molecule has 2 aromatic heterocycles. The number of Topliss-reactive ketones (excluding diaryl/α,β-unsaturated/α-hetero) is 1. The van der Waals surface area contributed by atoms with Gasteiger partial charge in [-0.1, -0.05) is 111 Å². The number of ether oxygens (including phenoxy) is 2. The molecule has 18 nitrogen and oxygen atoms in total. The van der Waals surface area contributed by atoms with Gasteiger partial charge in [0, 0.05) is 78.2 Å².